The van der Waals surface area contributed by atoms with Crippen molar-refractivity contribution < 1.29 is 22.4 Å². The van der Waals surface area contributed by atoms with Gasteiger partial charge in [-0.3, -0.25) is 13.9 Å². The molecule has 2 unspecified atom stereocenters. The molecule has 0 fully saturated rings. The van der Waals surface area contributed by atoms with Gasteiger partial charge in [0.1, 0.15) is 11.9 Å². The Balaban J connectivity index is 1.40. The fourth-order valence-electron chi connectivity index (χ4n) is 5.50. The molecule has 1 heterocycles. The number of benzene rings is 4. The lowest BCUT2D eigenvalue weighted by Crippen LogP contribution is -2.52. The van der Waals surface area contributed by atoms with E-state index in [0.29, 0.717) is 23.1 Å². The number of nitrogens with one attached hydrogen (secondary N) is 1. The molecule has 2 atom stereocenters. The zero-order valence-electron chi connectivity index (χ0n) is 24.4. The van der Waals surface area contributed by atoms with Crippen molar-refractivity contribution in [1.29, 1.82) is 0 Å². The van der Waals surface area contributed by atoms with Crippen molar-refractivity contribution in [2.45, 2.75) is 63.1 Å². The third-order valence-electron chi connectivity index (χ3n) is 7.97. The summed E-state index contributed by atoms with van der Waals surface area (Å²) < 4.78 is 41.9. The van der Waals surface area contributed by atoms with E-state index < -0.39 is 16.1 Å². The van der Waals surface area contributed by atoms with Gasteiger partial charge in [-0.15, -0.1) is 0 Å². The van der Waals surface area contributed by atoms with E-state index in [1.165, 1.54) is 16.4 Å². The predicted molar refractivity (Wildman–Crippen MR) is 166 cm³/mol. The SMILES string of the molecule is CCC(C)NC(=O)C(Cc1ccccc1)N(Cc1ccc(F)cc1)C(=O)CCCN1c2cccc3cccc(c23)S1(=O)=O. The first-order valence-electron chi connectivity index (χ1n) is 14.6. The van der Waals surface area contributed by atoms with E-state index >= 15 is 0 Å². The zero-order chi connectivity index (χ0) is 30.6. The lowest BCUT2D eigenvalue weighted by Gasteiger charge is -2.32. The summed E-state index contributed by atoms with van der Waals surface area (Å²) in [6.07, 6.45) is 1.32. The second kappa shape index (κ2) is 13.0. The monoisotopic (exact) mass is 601 g/mol. The molecule has 43 heavy (non-hydrogen) atoms. The van der Waals surface area contributed by atoms with Crippen LogP contribution >= 0.6 is 0 Å². The van der Waals surface area contributed by atoms with Crippen molar-refractivity contribution >= 4 is 38.3 Å². The van der Waals surface area contributed by atoms with Crippen molar-refractivity contribution in [2.24, 2.45) is 0 Å². The molecule has 224 valence electrons. The van der Waals surface area contributed by atoms with Gasteiger partial charge in [0.25, 0.3) is 10.0 Å². The summed E-state index contributed by atoms with van der Waals surface area (Å²) >= 11 is 0. The smallest absolute Gasteiger partial charge is 0.265 e. The number of nitrogens with zero attached hydrogens (tertiary/aromatic N) is 2. The second-order valence-corrected chi connectivity index (χ2v) is 12.8. The van der Waals surface area contributed by atoms with E-state index in [0.717, 1.165) is 17.4 Å². The highest BCUT2D eigenvalue weighted by atomic mass is 32.2. The van der Waals surface area contributed by atoms with Gasteiger partial charge in [-0.1, -0.05) is 73.7 Å². The molecule has 1 aliphatic rings. The minimum atomic E-state index is -3.75. The van der Waals surface area contributed by atoms with Crippen LogP contribution in [0.3, 0.4) is 0 Å². The maximum atomic E-state index is 14.0. The molecule has 1 aliphatic heterocycles. The average molecular weight is 602 g/mol. The lowest BCUT2D eigenvalue weighted by atomic mass is 10.0. The van der Waals surface area contributed by atoms with Crippen LogP contribution in [0.1, 0.15) is 44.2 Å². The van der Waals surface area contributed by atoms with Crippen LogP contribution in [0.15, 0.2) is 95.9 Å². The average Bonchev–Trinajstić information content (AvgIpc) is 3.23. The molecule has 5 rings (SSSR count). The molecule has 0 saturated carbocycles. The maximum Gasteiger partial charge on any atom is 0.265 e. The van der Waals surface area contributed by atoms with Crippen LogP contribution in [0.25, 0.3) is 10.8 Å². The second-order valence-electron chi connectivity index (χ2n) is 11.0. The Morgan fingerprint density at radius 2 is 1.60 bits per heavy atom. The van der Waals surface area contributed by atoms with E-state index in [-0.39, 0.29) is 54.5 Å². The molecule has 0 saturated heterocycles. The highest BCUT2D eigenvalue weighted by Crippen LogP contribution is 2.42. The Morgan fingerprint density at radius 3 is 2.30 bits per heavy atom. The van der Waals surface area contributed by atoms with Crippen LogP contribution in [0, 0.1) is 5.82 Å². The number of sulfonamides is 1. The lowest BCUT2D eigenvalue weighted by molar-refractivity contribution is -0.141. The minimum Gasteiger partial charge on any atom is -0.352 e. The van der Waals surface area contributed by atoms with Crippen LogP contribution in [0.4, 0.5) is 10.1 Å². The molecule has 0 radical (unpaired) electrons. The summed E-state index contributed by atoms with van der Waals surface area (Å²) in [6.45, 7) is 4.12. The summed E-state index contributed by atoms with van der Waals surface area (Å²) in [5.41, 5.74) is 2.20. The molecule has 0 aromatic heterocycles. The van der Waals surface area contributed by atoms with Crippen LogP contribution < -0.4 is 9.62 Å². The standard InChI is InChI=1S/C34H36FN3O4S/c1-3-24(2)36-34(40)30(22-25-10-5-4-6-11-25)37(23-26-17-19-28(35)20-18-26)32(39)16-9-21-38-29-14-7-12-27-13-8-15-31(33(27)29)43(38,41)42/h4-8,10-15,17-20,24,30H,3,9,16,21-23H2,1-2H3,(H,36,40). The number of carbonyl (C=O) groups excluding carboxylic acids is 2. The summed E-state index contributed by atoms with van der Waals surface area (Å²) in [6, 6.07) is 25.2. The molecule has 0 spiro atoms. The minimum absolute atomic E-state index is 0.0292. The number of carbonyl (C=O) groups is 2. The number of hydrogen-bond donors (Lipinski definition) is 1. The van der Waals surface area contributed by atoms with Crippen molar-refractivity contribution in [1.82, 2.24) is 10.2 Å². The van der Waals surface area contributed by atoms with Gasteiger partial charge in [-0.2, -0.15) is 0 Å². The number of rotatable bonds is 12. The number of amides is 2. The Morgan fingerprint density at radius 1 is 0.907 bits per heavy atom. The number of halogens is 1. The number of anilines is 1. The first-order valence-corrected chi connectivity index (χ1v) is 16.1. The largest absolute Gasteiger partial charge is 0.352 e. The van der Waals surface area contributed by atoms with E-state index in [1.54, 1.807) is 35.2 Å². The van der Waals surface area contributed by atoms with Gasteiger partial charge in [-0.05, 0) is 60.5 Å². The Labute approximate surface area is 252 Å². The molecule has 4 aromatic rings. The topological polar surface area (TPSA) is 86.8 Å². The summed E-state index contributed by atoms with van der Waals surface area (Å²) in [5.74, 6) is -0.936. The quantitative estimate of drug-likeness (QED) is 0.222. The molecule has 4 aromatic carbocycles. The summed E-state index contributed by atoms with van der Waals surface area (Å²) in [7, 11) is -3.75. The van der Waals surface area contributed by atoms with Crippen molar-refractivity contribution in [3.63, 3.8) is 0 Å². The molecule has 0 bridgehead atoms. The third kappa shape index (κ3) is 6.57. The van der Waals surface area contributed by atoms with Gasteiger partial charge in [0.15, 0.2) is 0 Å². The molecule has 0 aliphatic carbocycles. The van der Waals surface area contributed by atoms with Crippen molar-refractivity contribution in [3.05, 3.63) is 108 Å². The van der Waals surface area contributed by atoms with Gasteiger partial charge in [0, 0.05) is 37.4 Å². The molecule has 9 heteroatoms. The fraction of sp³-hybridized carbons (Fsp3) is 0.294. The van der Waals surface area contributed by atoms with Gasteiger partial charge in [-0.25, -0.2) is 12.8 Å². The van der Waals surface area contributed by atoms with Gasteiger partial charge in [0.2, 0.25) is 11.8 Å². The fourth-order valence-corrected chi connectivity index (χ4v) is 7.25. The van der Waals surface area contributed by atoms with Gasteiger partial charge in [0.05, 0.1) is 10.6 Å². The van der Waals surface area contributed by atoms with Crippen molar-refractivity contribution in [3.8, 4) is 0 Å². The first-order chi connectivity index (χ1) is 20.7. The normalized spacial score (nSPS) is 14.8. The van der Waals surface area contributed by atoms with Crippen LogP contribution in [0.2, 0.25) is 0 Å². The highest BCUT2D eigenvalue weighted by molar-refractivity contribution is 7.93. The van der Waals surface area contributed by atoms with Gasteiger partial charge < -0.3 is 10.2 Å². The Bertz CT molecular complexity index is 1710. The zero-order valence-corrected chi connectivity index (χ0v) is 25.2. The first kappa shape index (κ1) is 30.2. The molecular formula is C34H36FN3O4S. The van der Waals surface area contributed by atoms with Crippen LogP contribution in [-0.2, 0) is 32.6 Å². The van der Waals surface area contributed by atoms with Crippen LogP contribution in [0.5, 0.6) is 0 Å². The molecule has 7 nitrogen and oxygen atoms in total. The van der Waals surface area contributed by atoms with E-state index in [4.69, 9.17) is 0 Å². The van der Waals surface area contributed by atoms with Gasteiger partial charge >= 0.3 is 0 Å². The molecule has 1 N–H and O–H groups in total. The maximum absolute atomic E-state index is 14.0. The Hall–Kier alpha value is -4.24. The van der Waals surface area contributed by atoms with E-state index in [9.17, 15) is 22.4 Å². The molecule has 2 amide bonds. The van der Waals surface area contributed by atoms with E-state index in [1.807, 2.05) is 62.4 Å². The van der Waals surface area contributed by atoms with Crippen molar-refractivity contribution in [2.75, 3.05) is 10.8 Å². The van der Waals surface area contributed by atoms with E-state index in [2.05, 4.69) is 5.32 Å². The highest BCUT2D eigenvalue weighted by Gasteiger charge is 2.36. The summed E-state index contributed by atoms with van der Waals surface area (Å²) in [5, 5.41) is 4.57. The summed E-state index contributed by atoms with van der Waals surface area (Å²) in [4.78, 5) is 29.4. The molecular weight excluding hydrogens is 565 g/mol. The predicted octanol–water partition coefficient (Wildman–Crippen LogP) is 5.82. The third-order valence-corrected chi connectivity index (χ3v) is 9.83. The Kier molecular flexibility index (Phi) is 9.11. The number of hydrogen-bond acceptors (Lipinski definition) is 4. The van der Waals surface area contributed by atoms with Crippen LogP contribution in [-0.4, -0.2) is 43.8 Å².